The first-order valence-corrected chi connectivity index (χ1v) is 4.41. The zero-order valence-electron chi connectivity index (χ0n) is 8.17. The second kappa shape index (κ2) is 5.20. The van der Waals surface area contributed by atoms with Crippen LogP contribution in [0.2, 0.25) is 0 Å². The molecule has 86 valence electrons. The van der Waals surface area contributed by atoms with Crippen molar-refractivity contribution in [2.75, 3.05) is 0 Å². The second-order valence-corrected chi connectivity index (χ2v) is 3.12. The van der Waals surface area contributed by atoms with E-state index in [1.807, 2.05) is 0 Å². The molecule has 1 rings (SSSR count). The van der Waals surface area contributed by atoms with Crippen LogP contribution in [-0.2, 0) is 16.1 Å². The van der Waals surface area contributed by atoms with Crippen molar-refractivity contribution in [3.63, 3.8) is 0 Å². The molecular formula is C10H9F2NO3. The number of benzene rings is 1. The maximum absolute atomic E-state index is 12.7. The summed E-state index contributed by atoms with van der Waals surface area (Å²) in [6.45, 7) is -0.110. The minimum absolute atomic E-state index is 0.110. The summed E-state index contributed by atoms with van der Waals surface area (Å²) in [6.07, 6.45) is -0.669. The zero-order chi connectivity index (χ0) is 12.1. The van der Waals surface area contributed by atoms with Crippen LogP contribution in [0, 0.1) is 11.6 Å². The summed E-state index contributed by atoms with van der Waals surface area (Å²) in [5, 5.41) is 10.5. The Morgan fingerprint density at radius 2 is 1.75 bits per heavy atom. The molecule has 0 saturated carbocycles. The highest BCUT2D eigenvalue weighted by Crippen LogP contribution is 2.07. The summed E-state index contributed by atoms with van der Waals surface area (Å²) < 4.78 is 25.4. The van der Waals surface area contributed by atoms with Gasteiger partial charge in [0.25, 0.3) is 0 Å². The number of carbonyl (C=O) groups excluding carboxylic acids is 1. The predicted octanol–water partition coefficient (Wildman–Crippen LogP) is 1.06. The van der Waals surface area contributed by atoms with Crippen LogP contribution in [-0.4, -0.2) is 17.0 Å². The van der Waals surface area contributed by atoms with Gasteiger partial charge in [-0.25, -0.2) is 8.78 Å². The topological polar surface area (TPSA) is 66.4 Å². The Balaban J connectivity index is 2.54. The molecule has 0 aromatic heterocycles. The molecule has 1 aromatic carbocycles. The van der Waals surface area contributed by atoms with Gasteiger partial charge in [-0.3, -0.25) is 9.59 Å². The fourth-order valence-electron chi connectivity index (χ4n) is 1.11. The number of hydrogen-bond acceptors (Lipinski definition) is 2. The van der Waals surface area contributed by atoms with Crippen LogP contribution in [0.5, 0.6) is 0 Å². The molecule has 4 nitrogen and oxygen atoms in total. The van der Waals surface area contributed by atoms with Crippen LogP contribution < -0.4 is 5.32 Å². The number of carbonyl (C=O) groups is 2. The molecule has 0 saturated heterocycles. The smallest absolute Gasteiger partial charge is 0.312 e. The third kappa shape index (κ3) is 4.04. The number of carboxylic acid groups (broad SMARTS) is 1. The Bertz CT molecular complexity index is 400. The maximum atomic E-state index is 12.7. The van der Waals surface area contributed by atoms with Crippen molar-refractivity contribution in [3.8, 4) is 0 Å². The van der Waals surface area contributed by atoms with Crippen LogP contribution in [0.15, 0.2) is 18.2 Å². The highest BCUT2D eigenvalue weighted by atomic mass is 19.1. The van der Waals surface area contributed by atoms with Gasteiger partial charge in [0.05, 0.1) is 0 Å². The minimum atomic E-state index is -1.26. The van der Waals surface area contributed by atoms with E-state index in [2.05, 4.69) is 5.32 Å². The summed E-state index contributed by atoms with van der Waals surface area (Å²) in [5.74, 6) is -3.47. The first-order valence-electron chi connectivity index (χ1n) is 4.41. The van der Waals surface area contributed by atoms with Crippen molar-refractivity contribution in [2.45, 2.75) is 13.0 Å². The molecule has 0 fully saturated rings. The van der Waals surface area contributed by atoms with Gasteiger partial charge in [-0.15, -0.1) is 0 Å². The Morgan fingerprint density at radius 3 is 2.25 bits per heavy atom. The first kappa shape index (κ1) is 12.1. The third-order valence-corrected chi connectivity index (χ3v) is 1.72. The molecule has 1 amide bonds. The summed E-state index contributed by atoms with van der Waals surface area (Å²) in [5.41, 5.74) is 0.233. The number of carboxylic acids is 1. The molecule has 1 aromatic rings. The number of amides is 1. The average Bonchev–Trinajstić information content (AvgIpc) is 2.12. The number of hydrogen-bond donors (Lipinski definition) is 2. The van der Waals surface area contributed by atoms with E-state index < -0.39 is 29.9 Å². The molecule has 0 aliphatic rings. The van der Waals surface area contributed by atoms with Gasteiger partial charge in [0, 0.05) is 12.6 Å². The lowest BCUT2D eigenvalue weighted by Gasteiger charge is -2.04. The van der Waals surface area contributed by atoms with E-state index in [4.69, 9.17) is 5.11 Å². The normalized spacial score (nSPS) is 9.88. The van der Waals surface area contributed by atoms with Crippen LogP contribution in [0.1, 0.15) is 12.0 Å². The monoisotopic (exact) mass is 229 g/mol. The molecule has 0 aliphatic heterocycles. The van der Waals surface area contributed by atoms with E-state index in [0.29, 0.717) is 6.07 Å². The Labute approximate surface area is 89.9 Å². The summed E-state index contributed by atoms with van der Waals surface area (Å²) in [6, 6.07) is 2.83. The second-order valence-electron chi connectivity index (χ2n) is 3.12. The quantitative estimate of drug-likeness (QED) is 0.758. The highest BCUT2D eigenvalue weighted by Gasteiger charge is 2.07. The van der Waals surface area contributed by atoms with Gasteiger partial charge in [0.2, 0.25) is 5.91 Å². The van der Waals surface area contributed by atoms with Gasteiger partial charge >= 0.3 is 5.97 Å². The van der Waals surface area contributed by atoms with Gasteiger partial charge < -0.3 is 10.4 Å². The van der Waals surface area contributed by atoms with E-state index in [-0.39, 0.29) is 12.1 Å². The zero-order valence-corrected chi connectivity index (χ0v) is 8.17. The van der Waals surface area contributed by atoms with Crippen molar-refractivity contribution in [2.24, 2.45) is 0 Å². The Morgan fingerprint density at radius 1 is 1.19 bits per heavy atom. The predicted molar refractivity (Wildman–Crippen MR) is 50.5 cm³/mol. The number of halogens is 2. The third-order valence-electron chi connectivity index (χ3n) is 1.72. The van der Waals surface area contributed by atoms with E-state index >= 15 is 0 Å². The summed E-state index contributed by atoms with van der Waals surface area (Å²) >= 11 is 0. The van der Waals surface area contributed by atoms with E-state index in [1.54, 1.807) is 0 Å². The molecule has 0 aliphatic carbocycles. The van der Waals surface area contributed by atoms with Crippen molar-refractivity contribution in [1.29, 1.82) is 0 Å². The van der Waals surface area contributed by atoms with Gasteiger partial charge in [-0.05, 0) is 17.7 Å². The van der Waals surface area contributed by atoms with Crippen LogP contribution in [0.3, 0.4) is 0 Å². The van der Waals surface area contributed by atoms with Crippen molar-refractivity contribution >= 4 is 11.9 Å². The molecule has 2 N–H and O–H groups in total. The Kier molecular flexibility index (Phi) is 3.93. The van der Waals surface area contributed by atoms with Gasteiger partial charge in [-0.2, -0.15) is 0 Å². The molecule has 6 heteroatoms. The van der Waals surface area contributed by atoms with Crippen molar-refractivity contribution in [3.05, 3.63) is 35.4 Å². The lowest BCUT2D eigenvalue weighted by Crippen LogP contribution is -2.25. The van der Waals surface area contributed by atoms with E-state index in [9.17, 15) is 18.4 Å². The summed E-state index contributed by atoms with van der Waals surface area (Å²) in [4.78, 5) is 21.1. The molecule has 0 spiro atoms. The van der Waals surface area contributed by atoms with Crippen LogP contribution in [0.4, 0.5) is 8.78 Å². The molecule has 0 radical (unpaired) electrons. The number of rotatable bonds is 4. The van der Waals surface area contributed by atoms with Gasteiger partial charge in [-0.1, -0.05) is 0 Å². The maximum Gasteiger partial charge on any atom is 0.312 e. The van der Waals surface area contributed by atoms with Gasteiger partial charge in [0.15, 0.2) is 0 Å². The van der Waals surface area contributed by atoms with Crippen molar-refractivity contribution < 1.29 is 23.5 Å². The minimum Gasteiger partial charge on any atom is -0.481 e. The lowest BCUT2D eigenvalue weighted by molar-refractivity contribution is -0.140. The fraction of sp³-hybridized carbons (Fsp3) is 0.200. The first-order chi connectivity index (χ1) is 7.47. The molecule has 0 heterocycles. The lowest BCUT2D eigenvalue weighted by atomic mass is 10.2. The van der Waals surface area contributed by atoms with E-state index in [1.165, 1.54) is 0 Å². The Hall–Kier alpha value is -1.98. The molecule has 0 unspecified atom stereocenters. The highest BCUT2D eigenvalue weighted by molar-refractivity contribution is 5.93. The average molecular weight is 229 g/mol. The summed E-state index contributed by atoms with van der Waals surface area (Å²) in [7, 11) is 0. The number of nitrogens with one attached hydrogen (secondary N) is 1. The van der Waals surface area contributed by atoms with E-state index in [0.717, 1.165) is 12.1 Å². The SMILES string of the molecule is O=C(O)CC(=O)NCc1cc(F)cc(F)c1. The van der Waals surface area contributed by atoms with Gasteiger partial charge in [0.1, 0.15) is 18.1 Å². The van der Waals surface area contributed by atoms with Crippen LogP contribution >= 0.6 is 0 Å². The molecular weight excluding hydrogens is 220 g/mol. The molecule has 0 atom stereocenters. The molecule has 0 bridgehead atoms. The van der Waals surface area contributed by atoms with Crippen LogP contribution in [0.25, 0.3) is 0 Å². The molecule has 16 heavy (non-hydrogen) atoms. The number of aliphatic carboxylic acids is 1. The van der Waals surface area contributed by atoms with Crippen molar-refractivity contribution in [1.82, 2.24) is 5.32 Å². The standard InChI is InChI=1S/C10H9F2NO3/c11-7-1-6(2-8(12)3-7)5-13-9(14)4-10(15)16/h1-3H,4-5H2,(H,13,14)(H,15,16). The fourth-order valence-corrected chi connectivity index (χ4v) is 1.11. The largest absolute Gasteiger partial charge is 0.481 e.